The molecule has 1 N–H and O–H groups in total. The second-order valence-electron chi connectivity index (χ2n) is 6.37. The Balaban J connectivity index is 1.61. The van der Waals surface area contributed by atoms with Crippen LogP contribution in [0.2, 0.25) is 0 Å². The number of hydrogen-bond acceptors (Lipinski definition) is 4. The van der Waals surface area contributed by atoms with Gasteiger partial charge < -0.3 is 4.90 Å². The third-order valence-corrected chi connectivity index (χ3v) is 5.94. The zero-order chi connectivity index (χ0) is 17.9. The van der Waals surface area contributed by atoms with Gasteiger partial charge in [0, 0.05) is 30.9 Å². The van der Waals surface area contributed by atoms with E-state index in [2.05, 4.69) is 21.8 Å². The van der Waals surface area contributed by atoms with Crippen LogP contribution in [0.15, 0.2) is 59.5 Å². The van der Waals surface area contributed by atoms with Gasteiger partial charge in [-0.1, -0.05) is 30.3 Å². The molecule has 0 aromatic heterocycles. The van der Waals surface area contributed by atoms with E-state index in [-0.39, 0.29) is 16.6 Å². The number of nitrogens with zero attached hydrogens (tertiary/aromatic N) is 1. The van der Waals surface area contributed by atoms with Crippen LogP contribution >= 0.6 is 0 Å². The van der Waals surface area contributed by atoms with Crippen molar-refractivity contribution in [3.63, 3.8) is 0 Å². The zero-order valence-electron chi connectivity index (χ0n) is 14.2. The first-order chi connectivity index (χ1) is 12.0. The lowest BCUT2D eigenvalue weighted by Gasteiger charge is -2.18. The van der Waals surface area contributed by atoms with E-state index in [0.717, 1.165) is 19.5 Å². The summed E-state index contributed by atoms with van der Waals surface area (Å²) < 4.78 is 27.6. The summed E-state index contributed by atoms with van der Waals surface area (Å²) in [4.78, 5) is 13.9. The third kappa shape index (κ3) is 4.27. The molecule has 25 heavy (non-hydrogen) atoms. The number of anilines is 1. The number of nitrogens with one attached hydrogen (secondary N) is 1. The van der Waals surface area contributed by atoms with Crippen LogP contribution in [0, 0.1) is 5.92 Å². The van der Waals surface area contributed by atoms with Gasteiger partial charge in [-0.3, -0.25) is 4.79 Å². The molecule has 5 nitrogen and oxygen atoms in total. The Hall–Kier alpha value is -2.18. The van der Waals surface area contributed by atoms with E-state index < -0.39 is 10.0 Å². The van der Waals surface area contributed by atoms with E-state index >= 15 is 0 Å². The van der Waals surface area contributed by atoms with Crippen molar-refractivity contribution in [3.8, 4) is 0 Å². The number of hydrogen-bond donors (Lipinski definition) is 1. The van der Waals surface area contributed by atoms with E-state index in [1.54, 1.807) is 12.1 Å². The Bertz CT molecular complexity index is 850. The molecule has 3 rings (SSSR count). The highest BCUT2D eigenvalue weighted by Gasteiger charge is 2.24. The number of benzene rings is 2. The van der Waals surface area contributed by atoms with E-state index in [0.29, 0.717) is 12.1 Å². The van der Waals surface area contributed by atoms with Crippen LogP contribution < -0.4 is 9.62 Å². The molecular weight excluding hydrogens is 336 g/mol. The van der Waals surface area contributed by atoms with E-state index in [1.807, 2.05) is 18.2 Å². The van der Waals surface area contributed by atoms with Gasteiger partial charge in [0.15, 0.2) is 5.78 Å². The molecule has 0 aliphatic carbocycles. The van der Waals surface area contributed by atoms with Crippen molar-refractivity contribution in [2.75, 3.05) is 24.5 Å². The molecule has 1 atom stereocenters. The van der Waals surface area contributed by atoms with Gasteiger partial charge in [0.2, 0.25) is 10.0 Å². The summed E-state index contributed by atoms with van der Waals surface area (Å²) in [5.74, 6) is 0.123. The lowest BCUT2D eigenvalue weighted by atomic mass is 10.1. The molecular formula is C19H22N2O3S. The molecule has 1 fully saturated rings. The quantitative estimate of drug-likeness (QED) is 0.806. The topological polar surface area (TPSA) is 66.5 Å². The lowest BCUT2D eigenvalue weighted by molar-refractivity contribution is 0.101. The van der Waals surface area contributed by atoms with E-state index in [9.17, 15) is 13.2 Å². The summed E-state index contributed by atoms with van der Waals surface area (Å²) in [5, 5.41) is 0. The van der Waals surface area contributed by atoms with Crippen molar-refractivity contribution in [2.45, 2.75) is 18.2 Å². The number of carbonyl (C=O) groups excluding carboxylic acids is 1. The maximum atomic E-state index is 12.5. The highest BCUT2D eigenvalue weighted by atomic mass is 32.2. The summed E-state index contributed by atoms with van der Waals surface area (Å²) in [6.07, 6.45) is 0.949. The number of carbonyl (C=O) groups is 1. The predicted molar refractivity (Wildman–Crippen MR) is 98.4 cm³/mol. The smallest absolute Gasteiger partial charge is 0.240 e. The second kappa shape index (κ2) is 7.37. The van der Waals surface area contributed by atoms with Gasteiger partial charge in [0.05, 0.1) is 4.90 Å². The molecule has 0 saturated carbocycles. The van der Waals surface area contributed by atoms with Crippen LogP contribution in [0.1, 0.15) is 23.7 Å². The van der Waals surface area contributed by atoms with Crippen molar-refractivity contribution < 1.29 is 13.2 Å². The summed E-state index contributed by atoms with van der Waals surface area (Å²) in [5.41, 5.74) is 1.57. The van der Waals surface area contributed by atoms with Crippen molar-refractivity contribution in [2.24, 2.45) is 5.92 Å². The maximum absolute atomic E-state index is 12.5. The van der Waals surface area contributed by atoms with Crippen molar-refractivity contribution in [3.05, 3.63) is 60.2 Å². The number of Topliss-reactive ketones (excluding diaryl/α,β-unsaturated/α-hetero) is 1. The molecule has 1 saturated heterocycles. The first kappa shape index (κ1) is 17.6. The van der Waals surface area contributed by atoms with Gasteiger partial charge in [-0.15, -0.1) is 0 Å². The highest BCUT2D eigenvalue weighted by molar-refractivity contribution is 7.89. The van der Waals surface area contributed by atoms with Gasteiger partial charge in [0.25, 0.3) is 0 Å². The minimum Gasteiger partial charge on any atom is -0.371 e. The molecule has 6 heteroatoms. The largest absolute Gasteiger partial charge is 0.371 e. The molecule has 0 amide bonds. The normalized spacial score (nSPS) is 17.6. The Kier molecular flexibility index (Phi) is 5.20. The van der Waals surface area contributed by atoms with Crippen molar-refractivity contribution in [1.82, 2.24) is 4.72 Å². The molecule has 1 aliphatic heterocycles. The highest BCUT2D eigenvalue weighted by Crippen LogP contribution is 2.23. The SMILES string of the molecule is CC(=O)c1cccc(S(=O)(=O)NCC2CCN(c3ccccc3)C2)c1. The minimum atomic E-state index is -3.61. The number of ketones is 1. The Morgan fingerprint density at radius 1 is 1.16 bits per heavy atom. The van der Waals surface area contributed by atoms with Crippen LogP contribution in [0.4, 0.5) is 5.69 Å². The standard InChI is InChI=1S/C19H22N2O3S/c1-15(22)17-6-5-9-19(12-17)25(23,24)20-13-16-10-11-21(14-16)18-7-3-2-4-8-18/h2-9,12,16,20H,10-11,13-14H2,1H3. The fourth-order valence-electron chi connectivity index (χ4n) is 3.07. The summed E-state index contributed by atoms with van der Waals surface area (Å²) >= 11 is 0. The molecule has 0 spiro atoms. The second-order valence-corrected chi connectivity index (χ2v) is 8.14. The first-order valence-corrected chi connectivity index (χ1v) is 9.85. The van der Waals surface area contributed by atoms with Gasteiger partial charge in [0.1, 0.15) is 0 Å². The van der Waals surface area contributed by atoms with Crippen LogP contribution in [0.5, 0.6) is 0 Å². The number of para-hydroxylation sites is 1. The zero-order valence-corrected chi connectivity index (χ0v) is 15.0. The third-order valence-electron chi connectivity index (χ3n) is 4.52. The lowest BCUT2D eigenvalue weighted by Crippen LogP contribution is -2.31. The summed E-state index contributed by atoms with van der Waals surface area (Å²) in [6.45, 7) is 3.59. The number of rotatable bonds is 6. The summed E-state index contributed by atoms with van der Waals surface area (Å²) in [7, 11) is -3.61. The molecule has 1 unspecified atom stereocenters. The summed E-state index contributed by atoms with van der Waals surface area (Å²) in [6, 6.07) is 16.3. The molecule has 132 valence electrons. The molecule has 0 bridgehead atoms. The van der Waals surface area contributed by atoms with Crippen molar-refractivity contribution >= 4 is 21.5 Å². The average molecular weight is 358 g/mol. The monoisotopic (exact) mass is 358 g/mol. The fraction of sp³-hybridized carbons (Fsp3) is 0.316. The maximum Gasteiger partial charge on any atom is 0.240 e. The Morgan fingerprint density at radius 2 is 1.92 bits per heavy atom. The minimum absolute atomic E-state index is 0.137. The van der Waals surface area contributed by atoms with Gasteiger partial charge in [-0.25, -0.2) is 13.1 Å². The first-order valence-electron chi connectivity index (χ1n) is 8.36. The Labute approximate surface area is 148 Å². The molecule has 1 heterocycles. The van der Waals surface area contributed by atoms with Crippen LogP contribution in [0.25, 0.3) is 0 Å². The van der Waals surface area contributed by atoms with Gasteiger partial charge in [-0.05, 0) is 43.5 Å². The van der Waals surface area contributed by atoms with E-state index in [1.165, 1.54) is 24.7 Å². The van der Waals surface area contributed by atoms with Crippen LogP contribution in [-0.4, -0.2) is 33.8 Å². The van der Waals surface area contributed by atoms with E-state index in [4.69, 9.17) is 0 Å². The predicted octanol–water partition coefficient (Wildman–Crippen LogP) is 2.69. The molecule has 1 aliphatic rings. The Morgan fingerprint density at radius 3 is 2.64 bits per heavy atom. The number of sulfonamides is 1. The molecule has 2 aromatic rings. The molecule has 0 radical (unpaired) electrons. The average Bonchev–Trinajstić information content (AvgIpc) is 3.10. The molecule has 2 aromatic carbocycles. The van der Waals surface area contributed by atoms with Crippen LogP contribution in [-0.2, 0) is 10.0 Å². The van der Waals surface area contributed by atoms with Gasteiger partial charge >= 0.3 is 0 Å². The van der Waals surface area contributed by atoms with Gasteiger partial charge in [-0.2, -0.15) is 0 Å². The van der Waals surface area contributed by atoms with Crippen molar-refractivity contribution in [1.29, 1.82) is 0 Å². The fourth-order valence-corrected chi connectivity index (χ4v) is 4.23. The van der Waals surface area contributed by atoms with Crippen LogP contribution in [0.3, 0.4) is 0 Å².